The van der Waals surface area contributed by atoms with Gasteiger partial charge in [-0.3, -0.25) is 0 Å². The van der Waals surface area contributed by atoms with E-state index in [0.717, 1.165) is 10.0 Å². The van der Waals surface area contributed by atoms with Crippen LogP contribution >= 0.6 is 15.9 Å². The summed E-state index contributed by atoms with van der Waals surface area (Å²) in [6, 6.07) is 5.00. The van der Waals surface area contributed by atoms with Gasteiger partial charge < -0.3 is 14.8 Å². The van der Waals surface area contributed by atoms with E-state index in [1.54, 1.807) is 7.11 Å². The number of halogens is 1. The highest BCUT2D eigenvalue weighted by Gasteiger charge is 2.22. The van der Waals surface area contributed by atoms with Gasteiger partial charge in [-0.1, -0.05) is 22.9 Å². The molecular formula is C12H16BrNO3. The monoisotopic (exact) mass is 301 g/mol. The minimum Gasteiger partial charge on any atom is -0.497 e. The number of hydrogen-bond donors (Lipinski definition) is 1. The Morgan fingerprint density at radius 2 is 2.18 bits per heavy atom. The molecule has 17 heavy (non-hydrogen) atoms. The second-order valence-electron chi connectivity index (χ2n) is 3.40. The van der Waals surface area contributed by atoms with Crippen molar-refractivity contribution < 1.29 is 14.3 Å². The molecule has 4 nitrogen and oxygen atoms in total. The van der Waals surface area contributed by atoms with Crippen LogP contribution in [0.5, 0.6) is 5.75 Å². The highest BCUT2D eigenvalue weighted by Crippen LogP contribution is 2.28. The van der Waals surface area contributed by atoms with Gasteiger partial charge in [0.05, 0.1) is 14.2 Å². The van der Waals surface area contributed by atoms with E-state index in [0.29, 0.717) is 12.3 Å². The molecule has 1 rings (SSSR count). The molecule has 5 heteroatoms. The minimum atomic E-state index is -0.491. The van der Waals surface area contributed by atoms with E-state index >= 15 is 0 Å². The predicted molar refractivity (Wildman–Crippen MR) is 69.1 cm³/mol. The number of methoxy groups -OCH3 is 2. The Morgan fingerprint density at radius 3 is 2.71 bits per heavy atom. The van der Waals surface area contributed by atoms with Crippen molar-refractivity contribution in [3.63, 3.8) is 0 Å². The molecule has 0 fully saturated rings. The summed E-state index contributed by atoms with van der Waals surface area (Å²) >= 11 is 3.42. The summed E-state index contributed by atoms with van der Waals surface area (Å²) in [5, 5.41) is 3.08. The van der Waals surface area contributed by atoms with E-state index < -0.39 is 6.04 Å². The van der Waals surface area contributed by atoms with Gasteiger partial charge in [0.15, 0.2) is 0 Å². The first-order chi connectivity index (χ1) is 8.13. The van der Waals surface area contributed by atoms with Gasteiger partial charge in [0.1, 0.15) is 11.8 Å². The summed E-state index contributed by atoms with van der Waals surface area (Å²) in [6.07, 6.45) is 0. The number of nitrogens with one attached hydrogen (secondary N) is 1. The number of benzene rings is 1. The molecule has 0 saturated heterocycles. The summed E-state index contributed by atoms with van der Waals surface area (Å²) in [7, 11) is 2.97. The van der Waals surface area contributed by atoms with Gasteiger partial charge in [-0.15, -0.1) is 0 Å². The highest BCUT2D eigenvalue weighted by molar-refractivity contribution is 9.10. The topological polar surface area (TPSA) is 47.6 Å². The van der Waals surface area contributed by atoms with Crippen LogP contribution in [0.3, 0.4) is 0 Å². The van der Waals surface area contributed by atoms with Crippen LogP contribution in [0.15, 0.2) is 22.7 Å². The average molecular weight is 302 g/mol. The molecule has 0 spiro atoms. The molecule has 0 aliphatic carbocycles. The molecule has 0 amide bonds. The SMILES string of the molecule is CCNC(C(=O)OC)c1cc(OC)ccc1Br. The molecule has 1 aromatic rings. The van der Waals surface area contributed by atoms with Crippen molar-refractivity contribution in [1.82, 2.24) is 5.32 Å². The summed E-state index contributed by atoms with van der Waals surface area (Å²) in [5.74, 6) is 0.385. The molecule has 94 valence electrons. The van der Waals surface area contributed by atoms with Crippen LogP contribution < -0.4 is 10.1 Å². The van der Waals surface area contributed by atoms with E-state index in [9.17, 15) is 4.79 Å². The molecule has 0 radical (unpaired) electrons. The van der Waals surface area contributed by atoms with Gasteiger partial charge in [0.2, 0.25) is 0 Å². The number of hydrogen-bond acceptors (Lipinski definition) is 4. The zero-order chi connectivity index (χ0) is 12.8. The smallest absolute Gasteiger partial charge is 0.327 e. The average Bonchev–Trinajstić information content (AvgIpc) is 2.36. The quantitative estimate of drug-likeness (QED) is 0.848. The normalized spacial score (nSPS) is 12.0. The predicted octanol–water partition coefficient (Wildman–Crippen LogP) is 2.28. The lowest BCUT2D eigenvalue weighted by atomic mass is 10.1. The molecule has 0 aliphatic rings. The van der Waals surface area contributed by atoms with E-state index in [2.05, 4.69) is 21.2 Å². The maximum atomic E-state index is 11.7. The number of ether oxygens (including phenoxy) is 2. The Morgan fingerprint density at radius 1 is 1.47 bits per heavy atom. The Hall–Kier alpha value is -1.07. The summed E-state index contributed by atoms with van der Waals surface area (Å²) in [6.45, 7) is 2.60. The zero-order valence-electron chi connectivity index (χ0n) is 10.1. The van der Waals surface area contributed by atoms with Crippen molar-refractivity contribution in [1.29, 1.82) is 0 Å². The lowest BCUT2D eigenvalue weighted by molar-refractivity contribution is -0.143. The molecule has 0 bridgehead atoms. The fourth-order valence-electron chi connectivity index (χ4n) is 1.51. The number of likely N-dealkylation sites (N-methyl/N-ethyl adjacent to an activating group) is 1. The molecule has 0 aromatic heterocycles. The number of rotatable bonds is 5. The van der Waals surface area contributed by atoms with Gasteiger partial charge in [0.25, 0.3) is 0 Å². The summed E-state index contributed by atoms with van der Waals surface area (Å²) in [4.78, 5) is 11.7. The van der Waals surface area contributed by atoms with Crippen molar-refractivity contribution in [2.45, 2.75) is 13.0 Å². The van der Waals surface area contributed by atoms with E-state index in [-0.39, 0.29) is 5.97 Å². The molecule has 0 saturated carbocycles. The molecule has 0 aliphatic heterocycles. The van der Waals surface area contributed by atoms with Crippen molar-refractivity contribution in [2.75, 3.05) is 20.8 Å². The first kappa shape index (κ1) is 14.0. The molecule has 1 atom stereocenters. The fraction of sp³-hybridized carbons (Fsp3) is 0.417. The Balaban J connectivity index is 3.11. The molecule has 1 N–H and O–H groups in total. The van der Waals surface area contributed by atoms with Gasteiger partial charge >= 0.3 is 5.97 Å². The zero-order valence-corrected chi connectivity index (χ0v) is 11.7. The third-order valence-electron chi connectivity index (χ3n) is 2.36. The van der Waals surface area contributed by atoms with E-state index in [4.69, 9.17) is 9.47 Å². The van der Waals surface area contributed by atoms with Crippen molar-refractivity contribution in [2.24, 2.45) is 0 Å². The lowest BCUT2D eigenvalue weighted by Gasteiger charge is -2.17. The van der Waals surface area contributed by atoms with Crippen molar-refractivity contribution in [3.05, 3.63) is 28.2 Å². The van der Waals surface area contributed by atoms with Crippen LogP contribution in [0.1, 0.15) is 18.5 Å². The van der Waals surface area contributed by atoms with Crippen LogP contribution in [-0.4, -0.2) is 26.7 Å². The van der Waals surface area contributed by atoms with E-state index in [1.807, 2.05) is 25.1 Å². The number of carbonyl (C=O) groups is 1. The van der Waals surface area contributed by atoms with Crippen LogP contribution in [0.25, 0.3) is 0 Å². The summed E-state index contributed by atoms with van der Waals surface area (Å²) in [5.41, 5.74) is 0.804. The first-order valence-electron chi connectivity index (χ1n) is 5.28. The van der Waals surface area contributed by atoms with Crippen molar-refractivity contribution >= 4 is 21.9 Å². The third-order valence-corrected chi connectivity index (χ3v) is 3.08. The maximum absolute atomic E-state index is 11.7. The van der Waals surface area contributed by atoms with Gasteiger partial charge in [0, 0.05) is 4.47 Å². The molecule has 1 aromatic carbocycles. The summed E-state index contributed by atoms with van der Waals surface area (Å²) < 4.78 is 10.8. The van der Waals surface area contributed by atoms with Crippen LogP contribution in [0.2, 0.25) is 0 Å². The van der Waals surface area contributed by atoms with Gasteiger partial charge in [-0.05, 0) is 30.3 Å². The fourth-order valence-corrected chi connectivity index (χ4v) is 1.99. The molecule has 1 unspecified atom stereocenters. The van der Waals surface area contributed by atoms with E-state index in [1.165, 1.54) is 7.11 Å². The van der Waals surface area contributed by atoms with Crippen LogP contribution in [-0.2, 0) is 9.53 Å². The van der Waals surface area contributed by atoms with Crippen molar-refractivity contribution in [3.8, 4) is 5.75 Å². The standard InChI is InChI=1S/C12H16BrNO3/c1-4-14-11(12(15)17-3)9-7-8(16-2)5-6-10(9)13/h5-7,11,14H,4H2,1-3H3. The highest BCUT2D eigenvalue weighted by atomic mass is 79.9. The maximum Gasteiger partial charge on any atom is 0.327 e. The minimum absolute atomic E-state index is 0.319. The van der Waals surface area contributed by atoms with Crippen LogP contribution in [0.4, 0.5) is 0 Å². The largest absolute Gasteiger partial charge is 0.497 e. The molecular weight excluding hydrogens is 286 g/mol. The Bertz CT molecular complexity index is 395. The lowest BCUT2D eigenvalue weighted by Crippen LogP contribution is -2.29. The second kappa shape index (κ2) is 6.61. The second-order valence-corrected chi connectivity index (χ2v) is 4.26. The first-order valence-corrected chi connectivity index (χ1v) is 6.08. The Labute approximate surface area is 109 Å². The third kappa shape index (κ3) is 3.44. The van der Waals surface area contributed by atoms with Crippen LogP contribution in [0, 0.1) is 0 Å². The van der Waals surface area contributed by atoms with Gasteiger partial charge in [-0.25, -0.2) is 4.79 Å². The molecule has 0 heterocycles. The number of carbonyl (C=O) groups excluding carboxylic acids is 1. The Kier molecular flexibility index (Phi) is 5.44. The van der Waals surface area contributed by atoms with Gasteiger partial charge in [-0.2, -0.15) is 0 Å². The number of esters is 1.